The van der Waals surface area contributed by atoms with Crippen LogP contribution in [-0.2, 0) is 0 Å². The summed E-state index contributed by atoms with van der Waals surface area (Å²) in [5.74, 6) is 2.62. The van der Waals surface area contributed by atoms with E-state index in [1.165, 1.54) is 0 Å². The Morgan fingerprint density at radius 2 is 0.862 bits per heavy atom. The Bertz CT molecular complexity index is 688. The van der Waals surface area contributed by atoms with Gasteiger partial charge in [-0.1, -0.05) is 6.92 Å². The van der Waals surface area contributed by atoms with Crippen molar-refractivity contribution in [3.05, 3.63) is 35.4 Å². The van der Waals surface area contributed by atoms with Crippen LogP contribution in [0.1, 0.15) is 58.1 Å². The van der Waals surface area contributed by atoms with Crippen molar-refractivity contribution in [2.75, 3.05) is 37.9 Å². The molecule has 2 aromatic carbocycles. The average molecular weight is 403 g/mol. The molecule has 4 N–H and O–H groups in total. The number of hydrogen-bond acceptors (Lipinski definition) is 6. The van der Waals surface area contributed by atoms with E-state index in [1.54, 1.807) is 0 Å². The van der Waals surface area contributed by atoms with Gasteiger partial charge in [0.1, 0.15) is 34.4 Å². The van der Waals surface area contributed by atoms with E-state index in [4.69, 9.17) is 30.4 Å². The van der Waals surface area contributed by atoms with Crippen LogP contribution in [0.5, 0.6) is 23.0 Å². The van der Waals surface area contributed by atoms with E-state index in [1.807, 2.05) is 52.0 Å². The van der Waals surface area contributed by atoms with Gasteiger partial charge in [-0.05, 0) is 69.5 Å². The van der Waals surface area contributed by atoms with Gasteiger partial charge in [-0.2, -0.15) is 0 Å². The molecule has 0 aliphatic carbocycles. The molecule has 0 saturated carbocycles. The molecule has 2 rings (SSSR count). The van der Waals surface area contributed by atoms with Crippen LogP contribution in [0.2, 0.25) is 0 Å². The molecule has 29 heavy (non-hydrogen) atoms. The summed E-state index contributed by atoms with van der Waals surface area (Å²) in [5, 5.41) is 0. The lowest BCUT2D eigenvalue weighted by molar-refractivity contribution is 0.325. The van der Waals surface area contributed by atoms with Gasteiger partial charge in [-0.15, -0.1) is 0 Å². The zero-order chi connectivity index (χ0) is 21.4. The summed E-state index contributed by atoms with van der Waals surface area (Å²) in [6, 6.07) is 7.97. The zero-order valence-corrected chi connectivity index (χ0v) is 18.2. The average Bonchev–Trinajstić information content (AvgIpc) is 2.70. The molecule has 0 spiro atoms. The Kier molecular flexibility index (Phi) is 8.31. The fraction of sp³-hybridized carbons (Fsp3) is 0.478. The Morgan fingerprint density at radius 3 is 1.07 bits per heavy atom. The highest BCUT2D eigenvalue weighted by atomic mass is 16.5. The fourth-order valence-corrected chi connectivity index (χ4v) is 3.41. The van der Waals surface area contributed by atoms with E-state index >= 15 is 0 Å². The number of anilines is 2. The largest absolute Gasteiger partial charge is 0.492 e. The molecular formula is C23H34N2O4. The Hall–Kier alpha value is -2.76. The van der Waals surface area contributed by atoms with Crippen molar-refractivity contribution in [2.45, 2.75) is 47.0 Å². The summed E-state index contributed by atoms with van der Waals surface area (Å²) in [7, 11) is 0. The summed E-state index contributed by atoms with van der Waals surface area (Å²) in [6.45, 7) is 12.0. The maximum atomic E-state index is 6.25. The second-order valence-electron chi connectivity index (χ2n) is 6.55. The topological polar surface area (TPSA) is 89.0 Å². The molecule has 0 aliphatic heterocycles. The van der Waals surface area contributed by atoms with Gasteiger partial charge in [0, 0.05) is 5.92 Å². The Morgan fingerprint density at radius 1 is 0.586 bits per heavy atom. The predicted molar refractivity (Wildman–Crippen MR) is 119 cm³/mol. The van der Waals surface area contributed by atoms with Crippen LogP contribution < -0.4 is 30.4 Å². The van der Waals surface area contributed by atoms with E-state index < -0.39 is 0 Å². The normalized spacial score (nSPS) is 10.8. The van der Waals surface area contributed by atoms with Crippen LogP contribution in [0.15, 0.2) is 24.3 Å². The summed E-state index contributed by atoms with van der Waals surface area (Å²) < 4.78 is 23.1. The van der Waals surface area contributed by atoms with Gasteiger partial charge in [0.25, 0.3) is 0 Å². The number of nitrogens with two attached hydrogens (primary N) is 2. The minimum absolute atomic E-state index is 0.0769. The van der Waals surface area contributed by atoms with Crippen molar-refractivity contribution in [1.29, 1.82) is 0 Å². The number of nitrogen functional groups attached to an aromatic ring is 2. The van der Waals surface area contributed by atoms with Crippen LogP contribution in [0.4, 0.5) is 11.4 Å². The summed E-state index contributed by atoms with van der Waals surface area (Å²) in [6.07, 6.45) is 0.863. The first-order valence-corrected chi connectivity index (χ1v) is 10.4. The first kappa shape index (κ1) is 22.5. The van der Waals surface area contributed by atoms with Crippen molar-refractivity contribution in [1.82, 2.24) is 0 Å². The van der Waals surface area contributed by atoms with Gasteiger partial charge in [0.2, 0.25) is 0 Å². The maximum absolute atomic E-state index is 6.25. The standard InChI is InChI=1S/C23H34N2O4/c1-6-17(15-11-18(26-7-2)22(24)19(12-15)27-8-3)16-13-20(28-9-4)23(25)21(14-16)29-10-5/h11-14,17H,6-10,24-25H2,1-5H3. The number of ether oxygens (including phenoxy) is 4. The van der Waals surface area contributed by atoms with Crippen LogP contribution in [0.3, 0.4) is 0 Å². The van der Waals surface area contributed by atoms with Crippen molar-refractivity contribution in [2.24, 2.45) is 0 Å². The van der Waals surface area contributed by atoms with Crippen LogP contribution in [0.25, 0.3) is 0 Å². The lowest BCUT2D eigenvalue weighted by Gasteiger charge is -2.22. The van der Waals surface area contributed by atoms with Gasteiger partial charge >= 0.3 is 0 Å². The predicted octanol–water partition coefficient (Wildman–Crippen LogP) is 4.99. The molecule has 2 aromatic rings. The zero-order valence-electron chi connectivity index (χ0n) is 18.2. The van der Waals surface area contributed by atoms with E-state index in [0.717, 1.165) is 17.5 Å². The number of rotatable bonds is 11. The Balaban J connectivity index is 2.60. The Labute approximate surface area is 174 Å². The molecule has 0 saturated heterocycles. The van der Waals surface area contributed by atoms with E-state index in [9.17, 15) is 0 Å². The minimum Gasteiger partial charge on any atom is -0.492 e. The van der Waals surface area contributed by atoms with E-state index in [2.05, 4.69) is 6.92 Å². The molecule has 0 heterocycles. The molecule has 0 amide bonds. The molecule has 0 atom stereocenters. The summed E-state index contributed by atoms with van der Waals surface area (Å²) >= 11 is 0. The second kappa shape index (κ2) is 10.7. The maximum Gasteiger partial charge on any atom is 0.146 e. The molecule has 0 fully saturated rings. The van der Waals surface area contributed by atoms with Gasteiger partial charge in [-0.3, -0.25) is 0 Å². The lowest BCUT2D eigenvalue weighted by Crippen LogP contribution is -2.08. The van der Waals surface area contributed by atoms with Gasteiger partial charge in [0.15, 0.2) is 0 Å². The second-order valence-corrected chi connectivity index (χ2v) is 6.55. The first-order chi connectivity index (χ1) is 14.0. The fourth-order valence-electron chi connectivity index (χ4n) is 3.41. The third-order valence-electron chi connectivity index (χ3n) is 4.67. The molecule has 0 bridgehead atoms. The third-order valence-corrected chi connectivity index (χ3v) is 4.67. The van der Waals surface area contributed by atoms with Crippen LogP contribution >= 0.6 is 0 Å². The van der Waals surface area contributed by atoms with Crippen molar-refractivity contribution < 1.29 is 18.9 Å². The highest BCUT2D eigenvalue weighted by molar-refractivity contribution is 5.67. The van der Waals surface area contributed by atoms with Gasteiger partial charge < -0.3 is 30.4 Å². The highest BCUT2D eigenvalue weighted by Gasteiger charge is 2.21. The molecule has 6 heteroatoms. The van der Waals surface area contributed by atoms with Crippen molar-refractivity contribution in [3.8, 4) is 23.0 Å². The van der Waals surface area contributed by atoms with E-state index in [-0.39, 0.29) is 5.92 Å². The molecule has 160 valence electrons. The highest BCUT2D eigenvalue weighted by Crippen LogP contribution is 2.42. The van der Waals surface area contributed by atoms with Crippen LogP contribution in [-0.4, -0.2) is 26.4 Å². The van der Waals surface area contributed by atoms with Crippen molar-refractivity contribution in [3.63, 3.8) is 0 Å². The minimum atomic E-state index is 0.0769. The number of benzene rings is 2. The monoisotopic (exact) mass is 402 g/mol. The van der Waals surface area contributed by atoms with Crippen LogP contribution in [0, 0.1) is 0 Å². The summed E-state index contributed by atoms with van der Waals surface area (Å²) in [5.41, 5.74) is 15.7. The van der Waals surface area contributed by atoms with E-state index in [0.29, 0.717) is 60.8 Å². The quantitative estimate of drug-likeness (QED) is 0.515. The molecule has 0 aromatic heterocycles. The lowest BCUT2D eigenvalue weighted by atomic mass is 9.88. The first-order valence-electron chi connectivity index (χ1n) is 10.4. The molecular weight excluding hydrogens is 368 g/mol. The van der Waals surface area contributed by atoms with Crippen molar-refractivity contribution >= 4 is 11.4 Å². The smallest absolute Gasteiger partial charge is 0.146 e. The SMILES string of the molecule is CCOc1cc(C(CC)c2cc(OCC)c(N)c(OCC)c2)cc(OCC)c1N. The molecule has 0 aliphatic rings. The summed E-state index contributed by atoms with van der Waals surface area (Å²) in [4.78, 5) is 0. The number of hydrogen-bond donors (Lipinski definition) is 2. The van der Waals surface area contributed by atoms with Gasteiger partial charge in [0.05, 0.1) is 26.4 Å². The molecule has 6 nitrogen and oxygen atoms in total. The third kappa shape index (κ3) is 5.19. The van der Waals surface area contributed by atoms with Gasteiger partial charge in [-0.25, -0.2) is 0 Å². The molecule has 0 radical (unpaired) electrons. The molecule has 0 unspecified atom stereocenters.